The number of nitrogens with zero attached hydrogens (tertiary/aromatic N) is 2. The molecule has 1 N–H and O–H groups in total. The Bertz CT molecular complexity index is 1060. The first-order chi connectivity index (χ1) is 14.6. The number of hydrogen-bond donors (Lipinski definition) is 1. The Morgan fingerprint density at radius 2 is 1.87 bits per heavy atom. The molecular formula is C19H19ClF3N3O4S. The van der Waals surface area contributed by atoms with Gasteiger partial charge in [0.25, 0.3) is 5.91 Å². The van der Waals surface area contributed by atoms with Gasteiger partial charge in [-0.1, -0.05) is 18.0 Å². The van der Waals surface area contributed by atoms with E-state index in [9.17, 15) is 26.4 Å². The smallest absolute Gasteiger partial charge is 0.422 e. The van der Waals surface area contributed by atoms with Crippen LogP contribution in [0, 0.1) is 0 Å². The van der Waals surface area contributed by atoms with Crippen LogP contribution in [-0.2, 0) is 10.0 Å². The number of hydrogen-bond acceptors (Lipinski definition) is 5. The van der Waals surface area contributed by atoms with E-state index in [0.29, 0.717) is 13.1 Å². The average molecular weight is 478 g/mol. The number of rotatable bonds is 6. The van der Waals surface area contributed by atoms with Gasteiger partial charge in [-0.05, 0) is 43.2 Å². The monoisotopic (exact) mass is 477 g/mol. The molecule has 1 aromatic heterocycles. The Hall–Kier alpha value is -2.37. The van der Waals surface area contributed by atoms with Crippen LogP contribution in [0.2, 0.25) is 5.15 Å². The lowest BCUT2D eigenvalue weighted by atomic mass is 10.2. The first kappa shape index (κ1) is 23.3. The number of aromatic nitrogens is 1. The molecule has 7 nitrogen and oxygen atoms in total. The van der Waals surface area contributed by atoms with Crippen molar-refractivity contribution >= 4 is 33.2 Å². The number of pyridine rings is 1. The van der Waals surface area contributed by atoms with E-state index in [1.165, 1.54) is 22.6 Å². The van der Waals surface area contributed by atoms with Crippen molar-refractivity contribution in [1.82, 2.24) is 9.29 Å². The maximum absolute atomic E-state index is 12.9. The lowest BCUT2D eigenvalue weighted by Gasteiger charge is -2.26. The summed E-state index contributed by atoms with van der Waals surface area (Å²) in [6.07, 6.45) is -0.961. The molecule has 12 heteroatoms. The van der Waals surface area contributed by atoms with Crippen LogP contribution < -0.4 is 10.1 Å². The van der Waals surface area contributed by atoms with Crippen LogP contribution >= 0.6 is 11.6 Å². The maximum Gasteiger partial charge on any atom is 0.422 e. The molecule has 2 heterocycles. The van der Waals surface area contributed by atoms with Crippen LogP contribution in [0.5, 0.6) is 5.75 Å². The van der Waals surface area contributed by atoms with Crippen LogP contribution in [0.3, 0.4) is 0 Å². The number of benzene rings is 1. The first-order valence-corrected chi connectivity index (χ1v) is 11.1. The number of halogens is 4. The normalized spacial score (nSPS) is 15.5. The van der Waals surface area contributed by atoms with Gasteiger partial charge in [-0.25, -0.2) is 13.4 Å². The van der Waals surface area contributed by atoms with Gasteiger partial charge >= 0.3 is 6.18 Å². The minimum absolute atomic E-state index is 0.0441. The van der Waals surface area contributed by atoms with Gasteiger partial charge in [0.2, 0.25) is 10.0 Å². The van der Waals surface area contributed by atoms with Gasteiger partial charge < -0.3 is 10.1 Å². The molecule has 0 saturated carbocycles. The summed E-state index contributed by atoms with van der Waals surface area (Å²) in [5, 5.41) is 2.45. The topological polar surface area (TPSA) is 88.6 Å². The van der Waals surface area contributed by atoms with E-state index < -0.39 is 28.7 Å². The number of amides is 1. The number of carbonyl (C=O) groups excluding carboxylic acids is 1. The SMILES string of the molecule is O=C(Nc1cc(S(=O)(=O)N2CCCCC2)ccc1OCC(F)(F)F)c1ccnc(Cl)c1. The zero-order valence-electron chi connectivity index (χ0n) is 16.2. The van der Waals surface area contributed by atoms with Gasteiger partial charge in [0, 0.05) is 24.8 Å². The number of piperidine rings is 1. The molecule has 0 radical (unpaired) electrons. The Morgan fingerprint density at radius 3 is 2.52 bits per heavy atom. The van der Waals surface area contributed by atoms with E-state index in [0.717, 1.165) is 37.5 Å². The molecule has 1 aliphatic heterocycles. The summed E-state index contributed by atoms with van der Waals surface area (Å²) >= 11 is 5.77. The third kappa shape index (κ3) is 6.08. The molecule has 1 saturated heterocycles. The molecule has 31 heavy (non-hydrogen) atoms. The molecule has 2 aromatic rings. The Balaban J connectivity index is 1.94. The Labute approximate surface area is 182 Å². The predicted molar refractivity (Wildman–Crippen MR) is 108 cm³/mol. The molecule has 1 aliphatic rings. The standard InChI is InChI=1S/C19H19ClF3N3O4S/c20-17-10-13(6-7-24-17)18(27)25-15-11-14(4-5-16(15)30-12-19(21,22)23)31(28,29)26-8-2-1-3-9-26/h4-7,10-11H,1-3,8-9,12H2,(H,25,27). The van der Waals surface area contributed by atoms with E-state index in [-0.39, 0.29) is 27.0 Å². The van der Waals surface area contributed by atoms with Crippen molar-refractivity contribution in [2.45, 2.75) is 30.3 Å². The highest BCUT2D eigenvalue weighted by Crippen LogP contribution is 2.32. The minimum Gasteiger partial charge on any atom is -0.482 e. The van der Waals surface area contributed by atoms with Crippen molar-refractivity contribution in [2.75, 3.05) is 25.0 Å². The molecule has 0 atom stereocenters. The van der Waals surface area contributed by atoms with E-state index in [2.05, 4.69) is 10.3 Å². The lowest BCUT2D eigenvalue weighted by molar-refractivity contribution is -0.153. The average Bonchev–Trinajstić information content (AvgIpc) is 2.72. The summed E-state index contributed by atoms with van der Waals surface area (Å²) in [6, 6.07) is 5.97. The van der Waals surface area contributed by atoms with Crippen molar-refractivity contribution in [2.24, 2.45) is 0 Å². The number of ether oxygens (including phenoxy) is 1. The summed E-state index contributed by atoms with van der Waals surface area (Å²) in [5.74, 6) is -1.03. The number of sulfonamides is 1. The fourth-order valence-electron chi connectivity index (χ4n) is 3.05. The fourth-order valence-corrected chi connectivity index (χ4v) is 4.76. The van der Waals surface area contributed by atoms with E-state index in [1.807, 2.05) is 0 Å². The van der Waals surface area contributed by atoms with Gasteiger partial charge in [-0.2, -0.15) is 17.5 Å². The third-order valence-electron chi connectivity index (χ3n) is 4.53. The number of carbonyl (C=O) groups is 1. The number of anilines is 1. The third-order valence-corrected chi connectivity index (χ3v) is 6.63. The molecule has 0 aliphatic carbocycles. The van der Waals surface area contributed by atoms with Crippen molar-refractivity contribution < 1.29 is 31.1 Å². The van der Waals surface area contributed by atoms with Crippen LogP contribution in [0.4, 0.5) is 18.9 Å². The fraction of sp³-hybridized carbons (Fsp3) is 0.368. The summed E-state index contributed by atoms with van der Waals surface area (Å²) < 4.78 is 69.8. The molecule has 3 rings (SSSR count). The second-order valence-corrected chi connectivity index (χ2v) is 9.17. The lowest BCUT2D eigenvalue weighted by Crippen LogP contribution is -2.35. The summed E-state index contributed by atoms with van der Waals surface area (Å²) in [4.78, 5) is 16.1. The molecule has 1 fully saturated rings. The van der Waals surface area contributed by atoms with Crippen LogP contribution in [0.25, 0.3) is 0 Å². The van der Waals surface area contributed by atoms with Gasteiger partial charge in [-0.3, -0.25) is 4.79 Å². The highest BCUT2D eigenvalue weighted by molar-refractivity contribution is 7.89. The van der Waals surface area contributed by atoms with Crippen LogP contribution in [0.1, 0.15) is 29.6 Å². The second-order valence-electron chi connectivity index (χ2n) is 6.85. The molecule has 168 valence electrons. The first-order valence-electron chi connectivity index (χ1n) is 9.33. The zero-order valence-corrected chi connectivity index (χ0v) is 17.7. The van der Waals surface area contributed by atoms with Crippen molar-refractivity contribution in [3.63, 3.8) is 0 Å². The molecule has 1 amide bonds. The molecule has 0 unspecified atom stereocenters. The highest BCUT2D eigenvalue weighted by Gasteiger charge is 2.30. The van der Waals surface area contributed by atoms with Crippen molar-refractivity contribution in [3.05, 3.63) is 47.2 Å². The van der Waals surface area contributed by atoms with Crippen LogP contribution in [0.15, 0.2) is 41.4 Å². The number of nitrogens with one attached hydrogen (secondary N) is 1. The van der Waals surface area contributed by atoms with Crippen molar-refractivity contribution in [1.29, 1.82) is 0 Å². The summed E-state index contributed by atoms with van der Waals surface area (Å²) in [5.41, 5.74) is -0.119. The van der Waals surface area contributed by atoms with Gasteiger partial charge in [0.15, 0.2) is 6.61 Å². The molecule has 0 spiro atoms. The molecule has 0 bridgehead atoms. The second kappa shape index (κ2) is 9.41. The van der Waals surface area contributed by atoms with Gasteiger partial charge in [0.05, 0.1) is 10.6 Å². The Kier molecular flexibility index (Phi) is 7.07. The summed E-state index contributed by atoms with van der Waals surface area (Å²) in [7, 11) is -3.88. The predicted octanol–water partition coefficient (Wildman–Crippen LogP) is 4.10. The van der Waals surface area contributed by atoms with E-state index in [4.69, 9.17) is 16.3 Å². The maximum atomic E-state index is 12.9. The van der Waals surface area contributed by atoms with E-state index >= 15 is 0 Å². The number of alkyl halides is 3. The quantitative estimate of drug-likeness (QED) is 0.633. The van der Waals surface area contributed by atoms with Crippen molar-refractivity contribution in [3.8, 4) is 5.75 Å². The van der Waals surface area contributed by atoms with Gasteiger partial charge in [-0.15, -0.1) is 0 Å². The molecule has 1 aromatic carbocycles. The summed E-state index contributed by atoms with van der Waals surface area (Å²) in [6.45, 7) is -0.896. The molecular weight excluding hydrogens is 459 g/mol. The van der Waals surface area contributed by atoms with Crippen LogP contribution in [-0.4, -0.2) is 49.5 Å². The highest BCUT2D eigenvalue weighted by atomic mass is 35.5. The van der Waals surface area contributed by atoms with E-state index in [1.54, 1.807) is 0 Å². The minimum atomic E-state index is -4.61. The van der Waals surface area contributed by atoms with Gasteiger partial charge in [0.1, 0.15) is 10.9 Å². The zero-order chi connectivity index (χ0) is 22.6. The Morgan fingerprint density at radius 1 is 1.16 bits per heavy atom. The largest absolute Gasteiger partial charge is 0.482 e.